The van der Waals surface area contributed by atoms with E-state index in [0.717, 1.165) is 15.6 Å². The molecule has 0 spiro atoms. The van der Waals surface area contributed by atoms with Crippen LogP contribution < -0.4 is 9.64 Å². The molecular weight excluding hydrogens is 390 g/mol. The molecule has 142 valence electrons. The Morgan fingerprint density at radius 2 is 1.96 bits per heavy atom. The van der Waals surface area contributed by atoms with E-state index >= 15 is 0 Å². The summed E-state index contributed by atoms with van der Waals surface area (Å²) in [5.41, 5.74) is 2.64. The second kappa shape index (κ2) is 9.93. The van der Waals surface area contributed by atoms with Gasteiger partial charge in [-0.15, -0.1) is 11.3 Å². The van der Waals surface area contributed by atoms with E-state index in [1.807, 2.05) is 60.0 Å². The van der Waals surface area contributed by atoms with E-state index in [4.69, 9.17) is 10.00 Å². The first kappa shape index (κ1) is 19.9. The SMILES string of the molecule is COc1ccccc1N(CCC#N)C(=O)CSc1nc(-c2ccccc2)cs1. The third-order valence-electron chi connectivity index (χ3n) is 4.00. The number of carbonyl (C=O) groups excluding carboxylic acids is 1. The first-order chi connectivity index (χ1) is 13.7. The molecule has 1 aromatic heterocycles. The summed E-state index contributed by atoms with van der Waals surface area (Å²) in [4.78, 5) is 19.1. The van der Waals surface area contributed by atoms with Crippen molar-refractivity contribution in [2.75, 3.05) is 24.3 Å². The summed E-state index contributed by atoms with van der Waals surface area (Å²) in [7, 11) is 1.57. The van der Waals surface area contributed by atoms with Crippen molar-refractivity contribution in [2.45, 2.75) is 10.8 Å². The van der Waals surface area contributed by atoms with Crippen molar-refractivity contribution in [3.05, 3.63) is 60.0 Å². The van der Waals surface area contributed by atoms with E-state index in [1.54, 1.807) is 12.0 Å². The lowest BCUT2D eigenvalue weighted by Crippen LogP contribution is -2.33. The zero-order valence-electron chi connectivity index (χ0n) is 15.4. The Morgan fingerprint density at radius 1 is 1.21 bits per heavy atom. The molecule has 0 radical (unpaired) electrons. The molecule has 0 fully saturated rings. The number of benzene rings is 2. The van der Waals surface area contributed by atoms with Crippen molar-refractivity contribution in [3.8, 4) is 23.1 Å². The molecule has 28 heavy (non-hydrogen) atoms. The second-order valence-corrected chi connectivity index (χ2v) is 7.86. The zero-order valence-corrected chi connectivity index (χ0v) is 17.0. The van der Waals surface area contributed by atoms with E-state index in [1.165, 1.54) is 23.1 Å². The number of para-hydroxylation sites is 2. The Labute approximate surface area is 172 Å². The Kier molecular flexibility index (Phi) is 7.06. The predicted octanol–water partition coefficient (Wildman–Crippen LogP) is 4.86. The summed E-state index contributed by atoms with van der Waals surface area (Å²) in [5, 5.41) is 11.0. The number of thioether (sulfide) groups is 1. The summed E-state index contributed by atoms with van der Waals surface area (Å²) in [5.74, 6) is 0.770. The lowest BCUT2D eigenvalue weighted by Gasteiger charge is -2.23. The fourth-order valence-electron chi connectivity index (χ4n) is 2.66. The average molecular weight is 410 g/mol. The highest BCUT2D eigenvalue weighted by atomic mass is 32.2. The van der Waals surface area contributed by atoms with Crippen LogP contribution in [-0.4, -0.2) is 30.3 Å². The van der Waals surface area contributed by atoms with Gasteiger partial charge in [0.1, 0.15) is 5.75 Å². The summed E-state index contributed by atoms with van der Waals surface area (Å²) in [6, 6.07) is 19.4. The predicted molar refractivity (Wildman–Crippen MR) is 114 cm³/mol. The second-order valence-electron chi connectivity index (χ2n) is 5.78. The lowest BCUT2D eigenvalue weighted by atomic mass is 10.2. The molecule has 5 nitrogen and oxygen atoms in total. The molecule has 2 aromatic carbocycles. The van der Waals surface area contributed by atoms with Crippen molar-refractivity contribution < 1.29 is 9.53 Å². The Bertz CT molecular complexity index is 967. The molecule has 3 rings (SSSR count). The molecule has 0 aliphatic carbocycles. The van der Waals surface area contributed by atoms with Crippen LogP contribution in [0.1, 0.15) is 6.42 Å². The minimum Gasteiger partial charge on any atom is -0.495 e. The number of hydrogen-bond acceptors (Lipinski definition) is 6. The number of aromatic nitrogens is 1. The van der Waals surface area contributed by atoms with Gasteiger partial charge in [0.05, 0.1) is 36.7 Å². The van der Waals surface area contributed by atoms with Crippen molar-refractivity contribution in [1.82, 2.24) is 4.98 Å². The smallest absolute Gasteiger partial charge is 0.237 e. The number of thiazole rings is 1. The van der Waals surface area contributed by atoms with Gasteiger partial charge in [-0.3, -0.25) is 4.79 Å². The normalized spacial score (nSPS) is 10.3. The van der Waals surface area contributed by atoms with Crippen LogP contribution in [0.2, 0.25) is 0 Å². The fourth-order valence-corrected chi connectivity index (χ4v) is 4.37. The maximum atomic E-state index is 12.9. The Hall–Kier alpha value is -2.82. The van der Waals surface area contributed by atoms with E-state index < -0.39 is 0 Å². The minimum absolute atomic E-state index is 0.0822. The number of carbonyl (C=O) groups is 1. The van der Waals surface area contributed by atoms with E-state index in [2.05, 4.69) is 11.1 Å². The Balaban J connectivity index is 1.71. The largest absolute Gasteiger partial charge is 0.495 e. The molecule has 0 unspecified atom stereocenters. The highest BCUT2D eigenvalue weighted by Gasteiger charge is 2.19. The average Bonchev–Trinajstić information content (AvgIpc) is 3.22. The minimum atomic E-state index is -0.0822. The van der Waals surface area contributed by atoms with Crippen LogP contribution in [0.15, 0.2) is 64.3 Å². The molecule has 0 aliphatic heterocycles. The summed E-state index contributed by atoms with van der Waals surface area (Å²) < 4.78 is 6.22. The third-order valence-corrected chi connectivity index (χ3v) is 6.00. The van der Waals surface area contributed by atoms with Crippen LogP contribution in [0.25, 0.3) is 11.3 Å². The van der Waals surface area contributed by atoms with E-state index in [0.29, 0.717) is 18.0 Å². The summed E-state index contributed by atoms with van der Waals surface area (Å²) in [6.45, 7) is 0.323. The third kappa shape index (κ3) is 4.91. The van der Waals surface area contributed by atoms with Crippen molar-refractivity contribution in [3.63, 3.8) is 0 Å². The molecule has 0 atom stereocenters. The number of methoxy groups -OCH3 is 1. The number of anilines is 1. The van der Waals surface area contributed by atoms with Crippen LogP contribution in [-0.2, 0) is 4.79 Å². The van der Waals surface area contributed by atoms with Crippen LogP contribution in [0, 0.1) is 11.3 Å². The van der Waals surface area contributed by atoms with Crippen LogP contribution >= 0.6 is 23.1 Å². The molecule has 0 saturated heterocycles. The zero-order chi connectivity index (χ0) is 19.8. The molecule has 0 bridgehead atoms. The van der Waals surface area contributed by atoms with Gasteiger partial charge in [0.25, 0.3) is 0 Å². The van der Waals surface area contributed by atoms with Gasteiger partial charge in [0.2, 0.25) is 5.91 Å². The number of hydrogen-bond donors (Lipinski definition) is 0. The van der Waals surface area contributed by atoms with Crippen LogP contribution in [0.5, 0.6) is 5.75 Å². The molecule has 0 N–H and O–H groups in total. The maximum Gasteiger partial charge on any atom is 0.237 e. The quantitative estimate of drug-likeness (QED) is 0.497. The molecule has 1 amide bonds. The fraction of sp³-hybridized carbons (Fsp3) is 0.190. The van der Waals surface area contributed by atoms with Gasteiger partial charge in [-0.2, -0.15) is 5.26 Å². The Morgan fingerprint density at radius 3 is 2.71 bits per heavy atom. The highest BCUT2D eigenvalue weighted by molar-refractivity contribution is 8.01. The van der Waals surface area contributed by atoms with Crippen LogP contribution in [0.3, 0.4) is 0 Å². The lowest BCUT2D eigenvalue weighted by molar-refractivity contribution is -0.116. The topological polar surface area (TPSA) is 66.2 Å². The number of ether oxygens (including phenoxy) is 1. The molecular formula is C21H19N3O2S2. The maximum absolute atomic E-state index is 12.9. The highest BCUT2D eigenvalue weighted by Crippen LogP contribution is 2.31. The van der Waals surface area contributed by atoms with Gasteiger partial charge in [0.15, 0.2) is 4.34 Å². The monoisotopic (exact) mass is 409 g/mol. The van der Waals surface area contributed by atoms with Crippen molar-refractivity contribution in [1.29, 1.82) is 5.26 Å². The number of rotatable bonds is 8. The van der Waals surface area contributed by atoms with Gasteiger partial charge in [-0.1, -0.05) is 54.2 Å². The standard InChI is InChI=1S/C21H19N3O2S2/c1-26-19-11-6-5-10-18(19)24(13-7-12-22)20(25)15-28-21-23-17(14-27-21)16-8-3-2-4-9-16/h2-6,8-11,14H,7,13,15H2,1H3. The van der Waals surface area contributed by atoms with E-state index in [9.17, 15) is 4.79 Å². The number of nitrogens with zero attached hydrogens (tertiary/aromatic N) is 3. The van der Waals surface area contributed by atoms with Gasteiger partial charge >= 0.3 is 0 Å². The first-order valence-electron chi connectivity index (χ1n) is 8.67. The van der Waals surface area contributed by atoms with Crippen molar-refractivity contribution >= 4 is 34.7 Å². The van der Waals surface area contributed by atoms with Gasteiger partial charge < -0.3 is 9.64 Å². The summed E-state index contributed by atoms with van der Waals surface area (Å²) in [6.07, 6.45) is 0.254. The van der Waals surface area contributed by atoms with Crippen molar-refractivity contribution in [2.24, 2.45) is 0 Å². The van der Waals surface area contributed by atoms with Crippen LogP contribution in [0.4, 0.5) is 5.69 Å². The molecule has 0 saturated carbocycles. The molecule has 0 aliphatic rings. The van der Waals surface area contributed by atoms with Gasteiger partial charge in [0, 0.05) is 17.5 Å². The number of amides is 1. The number of nitriles is 1. The first-order valence-corrected chi connectivity index (χ1v) is 10.5. The summed E-state index contributed by atoms with van der Waals surface area (Å²) >= 11 is 2.93. The van der Waals surface area contributed by atoms with E-state index in [-0.39, 0.29) is 18.1 Å². The van der Waals surface area contributed by atoms with Gasteiger partial charge in [-0.05, 0) is 12.1 Å². The molecule has 1 heterocycles. The molecule has 7 heteroatoms. The molecule has 3 aromatic rings. The van der Waals surface area contributed by atoms with Gasteiger partial charge in [-0.25, -0.2) is 4.98 Å².